The zero-order valence-electron chi connectivity index (χ0n) is 10.2. The van der Waals surface area contributed by atoms with E-state index in [1.54, 1.807) is 0 Å². The predicted octanol–water partition coefficient (Wildman–Crippen LogP) is 3.48. The van der Waals surface area contributed by atoms with Gasteiger partial charge in [-0.25, -0.2) is 14.2 Å². The van der Waals surface area contributed by atoms with E-state index in [1.165, 1.54) is 12.3 Å². The first-order valence-electron chi connectivity index (χ1n) is 5.53. The molecule has 0 aliphatic heterocycles. The van der Waals surface area contributed by atoms with Gasteiger partial charge >= 0.3 is 5.97 Å². The maximum absolute atomic E-state index is 13.6. The van der Waals surface area contributed by atoms with Crippen molar-refractivity contribution in [2.75, 3.05) is 5.32 Å². The highest BCUT2D eigenvalue weighted by molar-refractivity contribution is 6.35. The fourth-order valence-electron chi connectivity index (χ4n) is 1.53. The number of hydrogen-bond acceptors (Lipinski definition) is 3. The lowest BCUT2D eigenvalue weighted by Crippen LogP contribution is -2.14. The largest absolute Gasteiger partial charge is 0.478 e. The molecule has 5 nitrogen and oxygen atoms in total. The third-order valence-corrected chi connectivity index (χ3v) is 3.04. The Bertz CT molecular complexity index is 737. The van der Waals surface area contributed by atoms with Crippen molar-refractivity contribution in [3.05, 3.63) is 57.6 Å². The summed E-state index contributed by atoms with van der Waals surface area (Å²) < 4.78 is 13.6. The number of nitrogens with zero attached hydrogens (tertiary/aromatic N) is 1. The first-order valence-corrected chi connectivity index (χ1v) is 6.29. The second kappa shape index (κ2) is 6.07. The maximum atomic E-state index is 13.6. The number of halogens is 3. The smallest absolute Gasteiger partial charge is 0.335 e. The number of nitrogens with one attached hydrogen (secondary N) is 1. The Morgan fingerprint density at radius 3 is 2.62 bits per heavy atom. The normalized spacial score (nSPS) is 10.2. The number of carboxylic acids is 1. The Labute approximate surface area is 128 Å². The van der Waals surface area contributed by atoms with Crippen molar-refractivity contribution in [1.29, 1.82) is 0 Å². The van der Waals surface area contributed by atoms with Crippen LogP contribution in [-0.2, 0) is 0 Å². The molecule has 21 heavy (non-hydrogen) atoms. The van der Waals surface area contributed by atoms with Crippen molar-refractivity contribution in [2.45, 2.75) is 0 Å². The average molecular weight is 329 g/mol. The number of benzene rings is 1. The first kappa shape index (κ1) is 15.2. The first-order chi connectivity index (χ1) is 9.88. The molecular weight excluding hydrogens is 322 g/mol. The van der Waals surface area contributed by atoms with Gasteiger partial charge in [0.25, 0.3) is 5.91 Å². The van der Waals surface area contributed by atoms with Crippen LogP contribution >= 0.6 is 23.2 Å². The zero-order chi connectivity index (χ0) is 15.6. The third kappa shape index (κ3) is 3.48. The van der Waals surface area contributed by atoms with Gasteiger partial charge in [-0.1, -0.05) is 23.2 Å². The Morgan fingerprint density at radius 1 is 1.24 bits per heavy atom. The Morgan fingerprint density at radius 2 is 1.95 bits per heavy atom. The second-order valence-corrected chi connectivity index (χ2v) is 4.74. The van der Waals surface area contributed by atoms with Crippen LogP contribution in [0.15, 0.2) is 30.5 Å². The van der Waals surface area contributed by atoms with Gasteiger partial charge in [0.2, 0.25) is 0 Å². The Balaban J connectivity index is 2.33. The topological polar surface area (TPSA) is 79.3 Å². The van der Waals surface area contributed by atoms with Crippen molar-refractivity contribution in [2.24, 2.45) is 0 Å². The fourth-order valence-corrected chi connectivity index (χ4v) is 1.88. The molecule has 0 atom stereocenters. The van der Waals surface area contributed by atoms with Crippen LogP contribution in [0.1, 0.15) is 20.7 Å². The summed E-state index contributed by atoms with van der Waals surface area (Å²) in [7, 11) is 0. The minimum atomic E-state index is -1.24. The van der Waals surface area contributed by atoms with E-state index in [2.05, 4.69) is 10.3 Å². The molecule has 0 saturated heterocycles. The van der Waals surface area contributed by atoms with Crippen LogP contribution in [0.3, 0.4) is 0 Å². The number of pyridine rings is 1. The minimum Gasteiger partial charge on any atom is -0.478 e. The quantitative estimate of drug-likeness (QED) is 0.845. The molecule has 0 aliphatic rings. The summed E-state index contributed by atoms with van der Waals surface area (Å²) in [5, 5.41) is 11.2. The molecule has 0 fully saturated rings. The molecule has 8 heteroatoms. The van der Waals surface area contributed by atoms with E-state index in [-0.39, 0.29) is 27.0 Å². The summed E-state index contributed by atoms with van der Waals surface area (Å²) in [4.78, 5) is 26.5. The van der Waals surface area contributed by atoms with E-state index in [1.807, 2.05) is 0 Å². The highest BCUT2D eigenvalue weighted by atomic mass is 35.5. The molecule has 108 valence electrons. The van der Waals surface area contributed by atoms with Gasteiger partial charge in [-0.3, -0.25) is 4.79 Å². The third-order valence-electron chi connectivity index (χ3n) is 2.53. The van der Waals surface area contributed by atoms with Crippen molar-refractivity contribution >= 4 is 40.8 Å². The number of carbonyl (C=O) groups excluding carboxylic acids is 1. The average Bonchev–Trinajstić information content (AvgIpc) is 2.43. The van der Waals surface area contributed by atoms with E-state index < -0.39 is 17.7 Å². The summed E-state index contributed by atoms with van der Waals surface area (Å²) in [6, 6.07) is 4.26. The van der Waals surface area contributed by atoms with Crippen molar-refractivity contribution < 1.29 is 19.1 Å². The summed E-state index contributed by atoms with van der Waals surface area (Å²) in [5.41, 5.74) is -0.439. The highest BCUT2D eigenvalue weighted by Gasteiger charge is 2.15. The molecule has 1 amide bonds. The van der Waals surface area contributed by atoms with Crippen LogP contribution < -0.4 is 5.32 Å². The Hall–Kier alpha value is -2.18. The van der Waals surface area contributed by atoms with E-state index in [0.29, 0.717) is 0 Å². The minimum absolute atomic E-state index is 0.00297. The summed E-state index contributed by atoms with van der Waals surface area (Å²) >= 11 is 11.5. The molecule has 2 N–H and O–H groups in total. The van der Waals surface area contributed by atoms with Gasteiger partial charge in [0.05, 0.1) is 21.8 Å². The number of aromatic carboxylic acids is 1. The number of carboxylic acid groups (broad SMARTS) is 1. The highest BCUT2D eigenvalue weighted by Crippen LogP contribution is 2.21. The van der Waals surface area contributed by atoms with Crippen LogP contribution in [0.4, 0.5) is 10.1 Å². The fraction of sp³-hybridized carbons (Fsp3) is 0. The SMILES string of the molecule is O=C(O)c1ccc(F)c(NC(=O)c2cc(Cl)ncc2Cl)c1. The molecule has 2 aromatic rings. The molecule has 2 rings (SSSR count). The maximum Gasteiger partial charge on any atom is 0.335 e. The molecule has 0 unspecified atom stereocenters. The summed E-state index contributed by atoms with van der Waals surface area (Å²) in [6.07, 6.45) is 1.18. The molecule has 0 saturated carbocycles. The van der Waals surface area contributed by atoms with E-state index in [9.17, 15) is 14.0 Å². The van der Waals surface area contributed by atoms with Gasteiger partial charge in [-0.05, 0) is 24.3 Å². The van der Waals surface area contributed by atoms with Crippen molar-refractivity contribution in [3.63, 3.8) is 0 Å². The van der Waals surface area contributed by atoms with Crippen LogP contribution in [-0.4, -0.2) is 22.0 Å². The van der Waals surface area contributed by atoms with Crippen molar-refractivity contribution in [1.82, 2.24) is 4.98 Å². The lowest BCUT2D eigenvalue weighted by molar-refractivity contribution is 0.0696. The van der Waals surface area contributed by atoms with Crippen LogP contribution in [0, 0.1) is 5.82 Å². The molecule has 0 spiro atoms. The van der Waals surface area contributed by atoms with Gasteiger partial charge < -0.3 is 10.4 Å². The molecule has 1 heterocycles. The Kier molecular flexibility index (Phi) is 4.40. The monoisotopic (exact) mass is 328 g/mol. The van der Waals surface area contributed by atoms with Gasteiger partial charge in [-0.2, -0.15) is 0 Å². The van der Waals surface area contributed by atoms with Crippen LogP contribution in [0.25, 0.3) is 0 Å². The van der Waals surface area contributed by atoms with Gasteiger partial charge in [0.1, 0.15) is 11.0 Å². The van der Waals surface area contributed by atoms with Crippen LogP contribution in [0.5, 0.6) is 0 Å². The lowest BCUT2D eigenvalue weighted by Gasteiger charge is -2.08. The number of rotatable bonds is 3. The molecule has 1 aromatic heterocycles. The molecular formula is C13H7Cl2FN2O3. The van der Waals surface area contributed by atoms with E-state index in [4.69, 9.17) is 28.3 Å². The van der Waals surface area contributed by atoms with Gasteiger partial charge in [0.15, 0.2) is 0 Å². The van der Waals surface area contributed by atoms with Crippen LogP contribution in [0.2, 0.25) is 10.2 Å². The van der Waals surface area contributed by atoms with Gasteiger partial charge in [0, 0.05) is 6.20 Å². The number of carbonyl (C=O) groups is 2. The number of hydrogen-bond donors (Lipinski definition) is 2. The molecule has 0 radical (unpaired) electrons. The summed E-state index contributed by atoms with van der Waals surface area (Å²) in [6.45, 7) is 0. The van der Waals surface area contributed by atoms with Crippen molar-refractivity contribution in [3.8, 4) is 0 Å². The molecule has 1 aromatic carbocycles. The summed E-state index contributed by atoms with van der Waals surface area (Å²) in [5.74, 6) is -2.74. The zero-order valence-corrected chi connectivity index (χ0v) is 11.7. The number of anilines is 1. The van der Waals surface area contributed by atoms with E-state index in [0.717, 1.165) is 18.2 Å². The number of aromatic nitrogens is 1. The lowest BCUT2D eigenvalue weighted by atomic mass is 10.2. The molecule has 0 bridgehead atoms. The van der Waals surface area contributed by atoms with Gasteiger partial charge in [-0.15, -0.1) is 0 Å². The standard InChI is InChI=1S/C13H7Cl2FN2O3/c14-8-5-17-11(15)4-7(8)12(19)18-10-3-6(13(20)21)1-2-9(10)16/h1-5H,(H,18,19)(H,20,21). The predicted molar refractivity (Wildman–Crippen MR) is 75.6 cm³/mol. The molecule has 0 aliphatic carbocycles. The van der Waals surface area contributed by atoms with E-state index >= 15 is 0 Å². The number of amides is 1. The second-order valence-electron chi connectivity index (χ2n) is 3.94.